The van der Waals surface area contributed by atoms with Crippen LogP contribution in [0.25, 0.3) is 0 Å². The van der Waals surface area contributed by atoms with E-state index in [1.807, 2.05) is 0 Å². The van der Waals surface area contributed by atoms with Crippen LogP contribution in [-0.2, 0) is 11.8 Å². The Morgan fingerprint density at radius 2 is 1.48 bits per heavy atom. The summed E-state index contributed by atoms with van der Waals surface area (Å²) in [6.45, 7) is 9.65. The molecule has 0 saturated heterocycles. The predicted molar refractivity (Wildman–Crippen MR) is 80.2 cm³/mol. The molecule has 1 aliphatic carbocycles. The van der Waals surface area contributed by atoms with Crippen molar-refractivity contribution in [2.45, 2.75) is 52.9 Å². The second-order valence-electron chi connectivity index (χ2n) is 6.00. The normalized spacial score (nSPS) is 15.3. The van der Waals surface area contributed by atoms with Gasteiger partial charge in [-0.3, -0.25) is 9.09 Å². The molecule has 0 atom stereocenters. The van der Waals surface area contributed by atoms with Crippen LogP contribution in [0.4, 0.5) is 17.9 Å². The fraction of sp³-hybridized carbons (Fsp3) is 0.647. The van der Waals surface area contributed by atoms with Gasteiger partial charge in [0.1, 0.15) is 11.6 Å². The van der Waals surface area contributed by atoms with E-state index in [-0.39, 0.29) is 28.4 Å². The van der Waals surface area contributed by atoms with Crippen LogP contribution in [0.1, 0.15) is 52.2 Å². The molecule has 0 fully saturated rings. The number of hydrogen-bond acceptors (Lipinski definition) is 0. The fourth-order valence-corrected chi connectivity index (χ4v) is 3.62. The molecule has 0 amide bonds. The van der Waals surface area contributed by atoms with Crippen molar-refractivity contribution in [1.29, 1.82) is 0 Å². The quantitative estimate of drug-likeness (QED) is 0.625. The van der Waals surface area contributed by atoms with E-state index in [1.54, 1.807) is 0 Å². The van der Waals surface area contributed by atoms with Crippen molar-refractivity contribution in [2.24, 2.45) is 11.8 Å². The van der Waals surface area contributed by atoms with Gasteiger partial charge in [-0.15, -0.1) is 0 Å². The molecule has 1 aromatic carbocycles. The maximum atomic E-state index is 14.1. The Kier molecular flexibility index (Phi) is 7.41. The number of fused-ring (bicyclic) bond motifs is 1. The van der Waals surface area contributed by atoms with Gasteiger partial charge in [-0.2, -0.15) is 0 Å². The molecule has 0 unspecified atom stereocenters. The topological polar surface area (TPSA) is 0 Å². The molecule has 0 heterocycles. The maximum absolute atomic E-state index is 14.1. The maximum Gasteiger partial charge on any atom is 0.127 e. The average Bonchev–Trinajstić information content (AvgIpc) is 2.77. The number of alkyl halides is 1. The Morgan fingerprint density at radius 3 is 1.90 bits per heavy atom. The van der Waals surface area contributed by atoms with Crippen LogP contribution in [0.3, 0.4) is 0 Å². The molecule has 4 heteroatoms. The molecule has 1 aliphatic rings. The van der Waals surface area contributed by atoms with Gasteiger partial charge < -0.3 is 0 Å². The van der Waals surface area contributed by atoms with E-state index in [0.717, 1.165) is 6.42 Å². The summed E-state index contributed by atoms with van der Waals surface area (Å²) in [4.78, 5) is 0. The van der Waals surface area contributed by atoms with E-state index in [2.05, 4.69) is 27.7 Å². The first-order valence-corrected chi connectivity index (χ1v) is 7.36. The smallest absolute Gasteiger partial charge is 0.127 e. The Hall–Kier alpha value is -1.06. The lowest BCUT2D eigenvalue weighted by molar-refractivity contribution is 0.212. The Labute approximate surface area is 125 Å². The van der Waals surface area contributed by atoms with Crippen molar-refractivity contribution < 1.29 is 17.9 Å². The van der Waals surface area contributed by atoms with Crippen LogP contribution in [-0.4, -0.2) is 6.67 Å². The summed E-state index contributed by atoms with van der Waals surface area (Å²) in [6, 6.07) is 2.53. The lowest BCUT2D eigenvalue weighted by Gasteiger charge is -2.39. The molecule has 1 aromatic rings. The molecule has 0 spiro atoms. The van der Waals surface area contributed by atoms with E-state index in [1.165, 1.54) is 19.1 Å². The zero-order valence-electron chi connectivity index (χ0n) is 13.5. The van der Waals surface area contributed by atoms with E-state index in [9.17, 15) is 13.2 Å². The molecule has 0 aliphatic heterocycles. The van der Waals surface area contributed by atoms with Crippen molar-refractivity contribution in [3.63, 3.8) is 0 Å². The zero-order chi connectivity index (χ0) is 15.5. The van der Waals surface area contributed by atoms with Gasteiger partial charge in [0.25, 0.3) is 0 Å². The lowest BCUT2D eigenvalue weighted by Crippen LogP contribution is -2.36. The third kappa shape index (κ3) is 3.41. The van der Waals surface area contributed by atoms with Crippen LogP contribution >= 0.6 is 0 Å². The van der Waals surface area contributed by atoms with Gasteiger partial charge in [-0.1, -0.05) is 27.7 Å². The molecule has 0 bridgehead atoms. The number of hydrogen-bond donors (Lipinski definition) is 0. The first-order chi connectivity index (χ1) is 9.32. The first-order valence-electron chi connectivity index (χ1n) is 7.36. The van der Waals surface area contributed by atoms with Gasteiger partial charge in [-0.05, 0) is 49.3 Å². The molecule has 0 saturated carbocycles. The molecule has 122 valence electrons. The molecular formula is C17H26F4. The highest BCUT2D eigenvalue weighted by atomic mass is 19.1. The SMILES string of the molecule is CC(C)C1(C(C)C)CCc2c(F)ccc(F)c21.CCF.F. The molecule has 0 N–H and O–H groups in total. The van der Waals surface area contributed by atoms with Gasteiger partial charge in [0.15, 0.2) is 0 Å². The van der Waals surface area contributed by atoms with E-state index in [0.29, 0.717) is 29.4 Å². The van der Waals surface area contributed by atoms with Gasteiger partial charge in [0.2, 0.25) is 0 Å². The zero-order valence-corrected chi connectivity index (χ0v) is 13.5. The van der Waals surface area contributed by atoms with E-state index in [4.69, 9.17) is 0 Å². The largest absolute Gasteiger partial charge is 0.269 e. The predicted octanol–water partition coefficient (Wildman–Crippen LogP) is 5.59. The van der Waals surface area contributed by atoms with Crippen LogP contribution in [0.2, 0.25) is 0 Å². The number of rotatable bonds is 2. The van der Waals surface area contributed by atoms with E-state index < -0.39 is 0 Å². The van der Waals surface area contributed by atoms with Crippen LogP contribution < -0.4 is 0 Å². The molecule has 2 rings (SSSR count). The van der Waals surface area contributed by atoms with Gasteiger partial charge in [0.05, 0.1) is 6.67 Å². The monoisotopic (exact) mass is 306 g/mol. The van der Waals surface area contributed by atoms with Gasteiger partial charge in [0, 0.05) is 11.0 Å². The minimum absolute atomic E-state index is 0. The molecule has 21 heavy (non-hydrogen) atoms. The van der Waals surface area contributed by atoms with Gasteiger partial charge in [-0.25, -0.2) is 8.78 Å². The second kappa shape index (κ2) is 7.81. The number of benzene rings is 1. The van der Waals surface area contributed by atoms with E-state index >= 15 is 0 Å². The summed E-state index contributed by atoms with van der Waals surface area (Å²) >= 11 is 0. The first kappa shape index (κ1) is 19.9. The fourth-order valence-electron chi connectivity index (χ4n) is 3.62. The Bertz CT molecular complexity index is 444. The molecule has 0 radical (unpaired) electrons. The summed E-state index contributed by atoms with van der Waals surface area (Å²) in [6.07, 6.45) is 1.52. The highest BCUT2D eigenvalue weighted by molar-refractivity contribution is 5.42. The lowest BCUT2D eigenvalue weighted by atomic mass is 9.65. The molecule has 0 aromatic heterocycles. The van der Waals surface area contributed by atoms with Crippen molar-refractivity contribution in [2.75, 3.05) is 6.67 Å². The minimum Gasteiger partial charge on any atom is -0.269 e. The summed E-state index contributed by atoms with van der Waals surface area (Å²) in [5.74, 6) is 0.158. The second-order valence-corrected chi connectivity index (χ2v) is 6.00. The standard InChI is InChI=1S/C15H20F2.C2H5F.FH/c1-9(2)15(10(3)4)8-7-11-12(16)5-6-13(17)14(11)15;1-2-3;/h5-6,9-10H,7-8H2,1-4H3;2H2,1H3;1H. The van der Waals surface area contributed by atoms with Crippen molar-refractivity contribution >= 4 is 0 Å². The highest BCUT2D eigenvalue weighted by Crippen LogP contribution is 2.50. The van der Waals surface area contributed by atoms with Crippen molar-refractivity contribution in [3.05, 3.63) is 34.9 Å². The summed E-state index contributed by atoms with van der Waals surface area (Å²) < 4.78 is 38.2. The highest BCUT2D eigenvalue weighted by Gasteiger charge is 2.46. The average molecular weight is 306 g/mol. The van der Waals surface area contributed by atoms with Gasteiger partial charge >= 0.3 is 0 Å². The molecule has 0 nitrogen and oxygen atoms in total. The van der Waals surface area contributed by atoms with Crippen LogP contribution in [0.5, 0.6) is 0 Å². The van der Waals surface area contributed by atoms with Crippen LogP contribution in [0.15, 0.2) is 12.1 Å². The summed E-state index contributed by atoms with van der Waals surface area (Å²) in [5.41, 5.74) is 1.04. The van der Waals surface area contributed by atoms with Crippen molar-refractivity contribution in [1.82, 2.24) is 0 Å². The summed E-state index contributed by atoms with van der Waals surface area (Å²) in [7, 11) is 0. The van der Waals surface area contributed by atoms with Crippen molar-refractivity contribution in [3.8, 4) is 0 Å². The minimum atomic E-state index is -0.250. The third-order valence-corrected chi connectivity index (χ3v) is 4.52. The molecular weight excluding hydrogens is 280 g/mol. The summed E-state index contributed by atoms with van der Waals surface area (Å²) in [5, 5.41) is 0. The number of halogens is 4. The van der Waals surface area contributed by atoms with Crippen LogP contribution in [0, 0.1) is 23.5 Å². The third-order valence-electron chi connectivity index (χ3n) is 4.52. The Balaban J connectivity index is 0.000000922. The Morgan fingerprint density at radius 1 is 1.05 bits per heavy atom.